The molecule has 0 aromatic heterocycles. The van der Waals surface area contributed by atoms with E-state index in [0.717, 1.165) is 24.9 Å². The number of amides is 3. The SMILES string of the molecule is CCC(C)CC(C)COC(=O)NC(=N)c1ccc(CNC(=O)[C@H](C)NC(=O)[C@H]2C[C@H](c3ccccc3)CN2)cc1. The van der Waals surface area contributed by atoms with E-state index >= 15 is 0 Å². The second-order valence-electron chi connectivity index (χ2n) is 10.9. The zero-order valence-corrected chi connectivity index (χ0v) is 24.0. The Kier molecular flexibility index (Phi) is 11.7. The van der Waals surface area contributed by atoms with Gasteiger partial charge in [0.15, 0.2) is 0 Å². The lowest BCUT2D eigenvalue weighted by Crippen LogP contribution is -2.49. The summed E-state index contributed by atoms with van der Waals surface area (Å²) >= 11 is 0. The number of benzene rings is 2. The smallest absolute Gasteiger partial charge is 0.412 e. The second-order valence-corrected chi connectivity index (χ2v) is 10.9. The van der Waals surface area contributed by atoms with Crippen molar-refractivity contribution >= 4 is 23.7 Å². The van der Waals surface area contributed by atoms with E-state index in [2.05, 4.69) is 47.2 Å². The van der Waals surface area contributed by atoms with Crippen molar-refractivity contribution in [3.63, 3.8) is 0 Å². The highest BCUT2D eigenvalue weighted by atomic mass is 16.5. The van der Waals surface area contributed by atoms with Gasteiger partial charge in [-0.25, -0.2) is 4.79 Å². The van der Waals surface area contributed by atoms with Crippen LogP contribution in [0.1, 0.15) is 69.6 Å². The molecule has 0 saturated carbocycles. The fourth-order valence-corrected chi connectivity index (χ4v) is 4.78. The third-order valence-corrected chi connectivity index (χ3v) is 7.41. The van der Waals surface area contributed by atoms with Crippen molar-refractivity contribution < 1.29 is 19.1 Å². The molecule has 1 aliphatic heterocycles. The monoisotopic (exact) mass is 549 g/mol. The summed E-state index contributed by atoms with van der Waals surface area (Å²) in [4.78, 5) is 37.4. The first-order chi connectivity index (χ1) is 19.2. The number of carbonyl (C=O) groups excluding carboxylic acids is 3. The van der Waals surface area contributed by atoms with Gasteiger partial charge in [0.1, 0.15) is 11.9 Å². The topological polar surface area (TPSA) is 132 Å². The number of hydrogen-bond donors (Lipinski definition) is 5. The molecule has 3 amide bonds. The van der Waals surface area contributed by atoms with Gasteiger partial charge in [0.25, 0.3) is 0 Å². The molecule has 1 heterocycles. The molecule has 9 heteroatoms. The molecule has 5 N–H and O–H groups in total. The van der Waals surface area contributed by atoms with Crippen LogP contribution in [0.3, 0.4) is 0 Å². The average molecular weight is 550 g/mol. The summed E-state index contributed by atoms with van der Waals surface area (Å²) in [6, 6.07) is 16.1. The van der Waals surface area contributed by atoms with E-state index in [1.807, 2.05) is 25.1 Å². The minimum atomic E-state index is -0.680. The maximum Gasteiger partial charge on any atom is 0.412 e. The van der Waals surface area contributed by atoms with Crippen molar-refractivity contribution in [1.82, 2.24) is 21.3 Å². The van der Waals surface area contributed by atoms with E-state index in [9.17, 15) is 14.4 Å². The lowest BCUT2D eigenvalue weighted by atomic mass is 9.96. The van der Waals surface area contributed by atoms with Crippen LogP contribution in [0.25, 0.3) is 0 Å². The molecule has 0 radical (unpaired) electrons. The summed E-state index contributed by atoms with van der Waals surface area (Å²) in [5.41, 5.74) is 2.56. The minimum Gasteiger partial charge on any atom is -0.449 e. The molecule has 3 rings (SSSR count). The van der Waals surface area contributed by atoms with Gasteiger partial charge in [-0.3, -0.25) is 20.3 Å². The van der Waals surface area contributed by atoms with Gasteiger partial charge in [-0.15, -0.1) is 0 Å². The Morgan fingerprint density at radius 2 is 1.73 bits per heavy atom. The fraction of sp³-hybridized carbons (Fsp3) is 0.484. The Balaban J connectivity index is 1.38. The lowest BCUT2D eigenvalue weighted by molar-refractivity contribution is -0.129. The number of hydrogen-bond acceptors (Lipinski definition) is 6. The molecule has 5 atom stereocenters. The van der Waals surface area contributed by atoms with Gasteiger partial charge in [-0.05, 0) is 48.6 Å². The number of carbonyl (C=O) groups is 3. The molecular weight excluding hydrogens is 506 g/mol. The first-order valence-electron chi connectivity index (χ1n) is 14.1. The summed E-state index contributed by atoms with van der Waals surface area (Å²) < 4.78 is 5.27. The minimum absolute atomic E-state index is 0.0541. The van der Waals surface area contributed by atoms with Crippen LogP contribution in [0.4, 0.5) is 4.79 Å². The van der Waals surface area contributed by atoms with E-state index in [0.29, 0.717) is 24.5 Å². The van der Waals surface area contributed by atoms with Crippen molar-refractivity contribution in [3.8, 4) is 0 Å². The molecule has 0 aliphatic carbocycles. The Labute approximate surface area is 237 Å². The van der Waals surface area contributed by atoms with Crippen LogP contribution >= 0.6 is 0 Å². The summed E-state index contributed by atoms with van der Waals surface area (Å²) in [6.07, 6.45) is 2.12. The van der Waals surface area contributed by atoms with Crippen LogP contribution in [0.5, 0.6) is 0 Å². The van der Waals surface area contributed by atoms with Crippen molar-refractivity contribution in [2.45, 2.75) is 71.5 Å². The van der Waals surface area contributed by atoms with Crippen LogP contribution in [0.15, 0.2) is 54.6 Å². The third kappa shape index (κ3) is 9.48. The van der Waals surface area contributed by atoms with E-state index in [1.54, 1.807) is 31.2 Å². The summed E-state index contributed by atoms with van der Waals surface area (Å²) in [7, 11) is 0. The van der Waals surface area contributed by atoms with Crippen LogP contribution in [-0.4, -0.2) is 49.0 Å². The van der Waals surface area contributed by atoms with Gasteiger partial charge in [-0.1, -0.05) is 81.8 Å². The van der Waals surface area contributed by atoms with Crippen molar-refractivity contribution in [3.05, 3.63) is 71.3 Å². The summed E-state index contributed by atoms with van der Waals surface area (Å²) in [5.74, 6) is 0.588. The zero-order valence-electron chi connectivity index (χ0n) is 24.0. The molecule has 1 saturated heterocycles. The van der Waals surface area contributed by atoms with Gasteiger partial charge >= 0.3 is 6.09 Å². The molecule has 40 heavy (non-hydrogen) atoms. The lowest BCUT2D eigenvalue weighted by Gasteiger charge is -2.17. The Bertz CT molecular complexity index is 1140. The maximum absolute atomic E-state index is 12.7. The molecule has 0 spiro atoms. The van der Waals surface area contributed by atoms with E-state index in [4.69, 9.17) is 10.1 Å². The van der Waals surface area contributed by atoms with Crippen LogP contribution < -0.4 is 21.3 Å². The first kappa shape index (κ1) is 30.8. The summed E-state index contributed by atoms with van der Waals surface area (Å²) in [6.45, 7) is 9.34. The Hall–Kier alpha value is -3.72. The molecule has 1 fully saturated rings. The van der Waals surface area contributed by atoms with Crippen LogP contribution in [-0.2, 0) is 20.9 Å². The zero-order chi connectivity index (χ0) is 29.1. The molecule has 2 unspecified atom stereocenters. The van der Waals surface area contributed by atoms with Crippen molar-refractivity contribution in [2.24, 2.45) is 11.8 Å². The van der Waals surface area contributed by atoms with E-state index in [1.165, 1.54) is 5.56 Å². The van der Waals surface area contributed by atoms with Gasteiger partial charge in [0.05, 0.1) is 12.6 Å². The molecule has 0 bridgehead atoms. The number of alkyl carbamates (subject to hydrolysis) is 1. The third-order valence-electron chi connectivity index (χ3n) is 7.41. The number of rotatable bonds is 12. The Morgan fingerprint density at radius 1 is 1.02 bits per heavy atom. The van der Waals surface area contributed by atoms with Crippen molar-refractivity contribution in [1.29, 1.82) is 5.41 Å². The average Bonchev–Trinajstić information content (AvgIpc) is 3.46. The van der Waals surface area contributed by atoms with Crippen LogP contribution in [0.2, 0.25) is 0 Å². The summed E-state index contributed by atoms with van der Waals surface area (Å²) in [5, 5.41) is 19.5. The molecule has 9 nitrogen and oxygen atoms in total. The molecular formula is C31H43N5O4. The molecule has 2 aromatic rings. The van der Waals surface area contributed by atoms with Gasteiger partial charge in [0.2, 0.25) is 11.8 Å². The fourth-order valence-electron chi connectivity index (χ4n) is 4.78. The standard InChI is InChI=1S/C31H43N5O4/c1-5-20(2)15-21(3)19-40-31(39)36-28(32)25-13-11-23(12-14-25)17-34-29(37)22(4)35-30(38)27-16-26(18-33-27)24-9-7-6-8-10-24/h6-14,20-22,26-27,33H,5,15-19H2,1-4H3,(H,34,37)(H,35,38)(H2,32,36,39)/t20?,21?,22-,26-,27+/m0/s1. The highest BCUT2D eigenvalue weighted by molar-refractivity contribution is 6.04. The second kappa shape index (κ2) is 15.2. The highest BCUT2D eigenvalue weighted by Gasteiger charge is 2.31. The molecule has 1 aliphatic rings. The maximum atomic E-state index is 12.7. The van der Waals surface area contributed by atoms with Crippen LogP contribution in [0, 0.1) is 17.2 Å². The normalized spacial score (nSPS) is 18.7. The molecule has 216 valence electrons. The van der Waals surface area contributed by atoms with E-state index in [-0.39, 0.29) is 42.1 Å². The van der Waals surface area contributed by atoms with Gasteiger partial charge < -0.3 is 20.7 Å². The highest BCUT2D eigenvalue weighted by Crippen LogP contribution is 2.25. The Morgan fingerprint density at radius 3 is 2.40 bits per heavy atom. The van der Waals surface area contributed by atoms with Gasteiger partial charge in [0, 0.05) is 18.7 Å². The first-order valence-corrected chi connectivity index (χ1v) is 14.1. The molecule has 2 aromatic carbocycles. The number of ether oxygens (including phenoxy) is 1. The number of amidine groups is 1. The van der Waals surface area contributed by atoms with Crippen molar-refractivity contribution in [2.75, 3.05) is 13.2 Å². The number of nitrogens with one attached hydrogen (secondary N) is 5. The largest absolute Gasteiger partial charge is 0.449 e. The quantitative estimate of drug-likeness (QED) is 0.201. The van der Waals surface area contributed by atoms with E-state index < -0.39 is 12.1 Å². The predicted molar refractivity (Wildman–Crippen MR) is 156 cm³/mol. The van der Waals surface area contributed by atoms with Gasteiger partial charge in [-0.2, -0.15) is 0 Å². The predicted octanol–water partition coefficient (Wildman–Crippen LogP) is 4.08.